The molecule has 2 rings (SSSR count). The van der Waals surface area contributed by atoms with Crippen LogP contribution in [0.2, 0.25) is 0 Å². The molecule has 0 aliphatic heterocycles. The lowest BCUT2D eigenvalue weighted by Gasteiger charge is -2.32. The van der Waals surface area contributed by atoms with Gasteiger partial charge in [0.25, 0.3) is 0 Å². The van der Waals surface area contributed by atoms with E-state index in [1.165, 1.54) is 4.31 Å². The number of hydrogen-bond donors (Lipinski definition) is 1. The molecule has 0 saturated carbocycles. The summed E-state index contributed by atoms with van der Waals surface area (Å²) in [6.45, 7) is 6.27. The Morgan fingerprint density at radius 3 is 2.17 bits per heavy atom. The average Bonchev–Trinajstić information content (AvgIpc) is 2.86. The average molecular weight is 518 g/mol. The Bertz CT molecular complexity index is 1070. The van der Waals surface area contributed by atoms with Crippen LogP contribution >= 0.6 is 0 Å². The standard InChI is InChI=1S/C27H39N3O5S/c1-6-21(3)28-27(32)25(7-2)29(20-22-12-9-8-10-13-22)26(31)14-11-19-30(36(5,33)34)23-15-17-24(35-4)18-16-23/h8-10,12-13,15-18,21,25H,6-7,11,14,19-20H2,1-5H3,(H,28,32). The van der Waals surface area contributed by atoms with Crippen LogP contribution in [0.5, 0.6) is 5.75 Å². The number of sulfonamides is 1. The van der Waals surface area contributed by atoms with E-state index in [2.05, 4.69) is 5.32 Å². The molecule has 0 saturated heterocycles. The molecule has 8 nitrogen and oxygen atoms in total. The summed E-state index contributed by atoms with van der Waals surface area (Å²) < 4.78 is 31.4. The molecule has 198 valence electrons. The number of ether oxygens (including phenoxy) is 1. The van der Waals surface area contributed by atoms with Gasteiger partial charge in [-0.3, -0.25) is 13.9 Å². The van der Waals surface area contributed by atoms with Crippen molar-refractivity contribution in [2.75, 3.05) is 24.2 Å². The maximum absolute atomic E-state index is 13.4. The molecule has 2 amide bonds. The van der Waals surface area contributed by atoms with E-state index in [1.54, 1.807) is 36.3 Å². The van der Waals surface area contributed by atoms with Crippen molar-refractivity contribution in [1.82, 2.24) is 10.2 Å². The number of benzene rings is 2. The highest BCUT2D eigenvalue weighted by Crippen LogP contribution is 2.22. The Morgan fingerprint density at radius 1 is 1.00 bits per heavy atom. The highest BCUT2D eigenvalue weighted by atomic mass is 32.2. The molecule has 2 aromatic rings. The van der Waals surface area contributed by atoms with Crippen molar-refractivity contribution in [2.24, 2.45) is 0 Å². The molecule has 0 aliphatic carbocycles. The Morgan fingerprint density at radius 2 is 1.64 bits per heavy atom. The number of anilines is 1. The van der Waals surface area contributed by atoms with Crippen molar-refractivity contribution in [3.8, 4) is 5.75 Å². The third-order valence-electron chi connectivity index (χ3n) is 6.10. The second-order valence-electron chi connectivity index (χ2n) is 8.89. The van der Waals surface area contributed by atoms with E-state index in [9.17, 15) is 18.0 Å². The Hall–Kier alpha value is -3.07. The molecule has 2 atom stereocenters. The van der Waals surface area contributed by atoms with Gasteiger partial charge >= 0.3 is 0 Å². The highest BCUT2D eigenvalue weighted by Gasteiger charge is 2.29. The molecule has 2 aromatic carbocycles. The lowest BCUT2D eigenvalue weighted by Crippen LogP contribution is -2.50. The number of carbonyl (C=O) groups excluding carboxylic acids is 2. The fourth-order valence-corrected chi connectivity index (χ4v) is 4.86. The minimum absolute atomic E-state index is 0.00745. The number of hydrogen-bond acceptors (Lipinski definition) is 5. The molecule has 0 radical (unpaired) electrons. The number of carbonyl (C=O) groups is 2. The monoisotopic (exact) mass is 517 g/mol. The second kappa shape index (κ2) is 13.9. The van der Waals surface area contributed by atoms with Crippen molar-refractivity contribution in [3.63, 3.8) is 0 Å². The van der Waals surface area contributed by atoms with Gasteiger partial charge in [-0.25, -0.2) is 8.42 Å². The maximum atomic E-state index is 13.4. The largest absolute Gasteiger partial charge is 0.497 e. The second-order valence-corrected chi connectivity index (χ2v) is 10.8. The summed E-state index contributed by atoms with van der Waals surface area (Å²) in [5.74, 6) is 0.264. The normalized spacial score (nSPS) is 12.9. The number of nitrogens with one attached hydrogen (secondary N) is 1. The van der Waals surface area contributed by atoms with Crippen molar-refractivity contribution >= 4 is 27.5 Å². The first-order valence-electron chi connectivity index (χ1n) is 12.4. The van der Waals surface area contributed by atoms with Gasteiger partial charge < -0.3 is 15.0 Å². The molecular formula is C27H39N3O5S. The lowest BCUT2D eigenvalue weighted by atomic mass is 10.1. The Balaban J connectivity index is 2.18. The first kappa shape index (κ1) is 29.2. The lowest BCUT2D eigenvalue weighted by molar-refractivity contribution is -0.141. The van der Waals surface area contributed by atoms with Crippen LogP contribution in [-0.2, 0) is 26.2 Å². The molecule has 0 aromatic heterocycles. The van der Waals surface area contributed by atoms with Crippen LogP contribution in [0.1, 0.15) is 52.0 Å². The van der Waals surface area contributed by atoms with Gasteiger partial charge in [0.15, 0.2) is 0 Å². The summed E-state index contributed by atoms with van der Waals surface area (Å²) in [5.41, 5.74) is 1.43. The number of nitrogens with zero attached hydrogens (tertiary/aromatic N) is 2. The van der Waals surface area contributed by atoms with Crippen LogP contribution < -0.4 is 14.4 Å². The third-order valence-corrected chi connectivity index (χ3v) is 7.29. The van der Waals surface area contributed by atoms with Crippen LogP contribution in [0.15, 0.2) is 54.6 Å². The van der Waals surface area contributed by atoms with E-state index in [0.717, 1.165) is 18.2 Å². The van der Waals surface area contributed by atoms with E-state index >= 15 is 0 Å². The maximum Gasteiger partial charge on any atom is 0.243 e. The molecule has 1 N–H and O–H groups in total. The minimum atomic E-state index is -3.55. The molecule has 0 fully saturated rings. The minimum Gasteiger partial charge on any atom is -0.497 e. The fraction of sp³-hybridized carbons (Fsp3) is 0.481. The summed E-state index contributed by atoms with van der Waals surface area (Å²) in [6, 6.07) is 15.7. The van der Waals surface area contributed by atoms with Crippen LogP contribution in [0.25, 0.3) is 0 Å². The highest BCUT2D eigenvalue weighted by molar-refractivity contribution is 7.92. The molecule has 0 bridgehead atoms. The summed E-state index contributed by atoms with van der Waals surface area (Å²) in [6.07, 6.45) is 2.84. The third kappa shape index (κ3) is 8.55. The van der Waals surface area contributed by atoms with Gasteiger partial charge in [-0.1, -0.05) is 44.2 Å². The van der Waals surface area contributed by atoms with Crippen molar-refractivity contribution in [1.29, 1.82) is 0 Å². The molecule has 0 heterocycles. The molecule has 0 spiro atoms. The predicted octanol–water partition coefficient (Wildman–Crippen LogP) is 3.96. The van der Waals surface area contributed by atoms with E-state index in [4.69, 9.17) is 4.74 Å². The molecule has 9 heteroatoms. The summed E-state index contributed by atoms with van der Waals surface area (Å²) in [4.78, 5) is 28.1. The fourth-order valence-electron chi connectivity index (χ4n) is 3.89. The summed E-state index contributed by atoms with van der Waals surface area (Å²) >= 11 is 0. The summed E-state index contributed by atoms with van der Waals surface area (Å²) in [5, 5.41) is 3.00. The van der Waals surface area contributed by atoms with E-state index in [-0.39, 0.29) is 30.8 Å². The van der Waals surface area contributed by atoms with Crippen molar-refractivity contribution in [3.05, 3.63) is 60.2 Å². The van der Waals surface area contributed by atoms with E-state index in [1.807, 2.05) is 51.1 Å². The van der Waals surface area contributed by atoms with Gasteiger partial charge in [-0.05, 0) is 56.0 Å². The molecule has 36 heavy (non-hydrogen) atoms. The van der Waals surface area contributed by atoms with Crippen LogP contribution in [0.3, 0.4) is 0 Å². The quantitative estimate of drug-likeness (QED) is 0.409. The van der Waals surface area contributed by atoms with Crippen LogP contribution in [0.4, 0.5) is 5.69 Å². The smallest absolute Gasteiger partial charge is 0.243 e. The molecule has 2 unspecified atom stereocenters. The molecule has 0 aliphatic rings. The van der Waals surface area contributed by atoms with Crippen molar-refractivity contribution in [2.45, 2.75) is 65.1 Å². The number of amides is 2. The van der Waals surface area contributed by atoms with Gasteiger partial charge in [-0.15, -0.1) is 0 Å². The van der Waals surface area contributed by atoms with Crippen LogP contribution in [-0.4, -0.2) is 57.1 Å². The zero-order chi connectivity index (χ0) is 26.7. The summed E-state index contributed by atoms with van der Waals surface area (Å²) in [7, 11) is -2.01. The van der Waals surface area contributed by atoms with Crippen LogP contribution in [0, 0.1) is 0 Å². The van der Waals surface area contributed by atoms with Gasteiger partial charge in [0, 0.05) is 25.6 Å². The first-order chi connectivity index (χ1) is 17.1. The number of methoxy groups -OCH3 is 1. The van der Waals surface area contributed by atoms with Gasteiger partial charge in [0.05, 0.1) is 19.1 Å². The van der Waals surface area contributed by atoms with E-state index in [0.29, 0.717) is 30.8 Å². The number of rotatable bonds is 14. The topological polar surface area (TPSA) is 96.0 Å². The van der Waals surface area contributed by atoms with Gasteiger partial charge in [-0.2, -0.15) is 0 Å². The predicted molar refractivity (Wildman–Crippen MR) is 143 cm³/mol. The first-order valence-corrected chi connectivity index (χ1v) is 14.2. The molecular weight excluding hydrogens is 478 g/mol. The zero-order valence-electron chi connectivity index (χ0n) is 21.9. The van der Waals surface area contributed by atoms with E-state index < -0.39 is 16.1 Å². The SMILES string of the molecule is CCC(C)NC(=O)C(CC)N(Cc1ccccc1)C(=O)CCCN(c1ccc(OC)cc1)S(C)(=O)=O. The Labute approximate surface area is 215 Å². The van der Waals surface area contributed by atoms with Crippen molar-refractivity contribution < 1.29 is 22.7 Å². The van der Waals surface area contributed by atoms with Gasteiger partial charge in [0.1, 0.15) is 11.8 Å². The Kier molecular flexibility index (Phi) is 11.2. The zero-order valence-corrected chi connectivity index (χ0v) is 22.8. The van der Waals surface area contributed by atoms with Gasteiger partial charge in [0.2, 0.25) is 21.8 Å².